The molecule has 0 fully saturated rings. The number of aliphatic hydroxyl groups excluding tert-OH is 1. The van der Waals surface area contributed by atoms with Gasteiger partial charge in [-0.1, -0.05) is 6.07 Å². The van der Waals surface area contributed by atoms with Crippen LogP contribution >= 0.6 is 0 Å². The highest BCUT2D eigenvalue weighted by molar-refractivity contribution is 5.93. The van der Waals surface area contributed by atoms with Gasteiger partial charge in [-0.15, -0.1) is 0 Å². The Hall–Kier alpha value is -1.59. The molecule has 0 saturated carbocycles. The zero-order chi connectivity index (χ0) is 11.3. The topological polar surface area (TPSA) is 96.3 Å². The predicted molar refractivity (Wildman–Crippen MR) is 54.4 cm³/mol. The number of carbonyl (C=O) groups is 1. The van der Waals surface area contributed by atoms with Gasteiger partial charge in [0.2, 0.25) is 5.91 Å². The summed E-state index contributed by atoms with van der Waals surface area (Å²) >= 11 is 0. The van der Waals surface area contributed by atoms with E-state index in [4.69, 9.17) is 21.3 Å². The smallest absolute Gasteiger partial charge is 0.248 e. The lowest BCUT2D eigenvalue weighted by molar-refractivity contribution is 0.0998. The summed E-state index contributed by atoms with van der Waals surface area (Å²) in [6.45, 7) is -0.0821. The fourth-order valence-electron chi connectivity index (χ4n) is 0.990. The number of nitrogens with one attached hydrogen (secondary N) is 1. The first-order valence-electron chi connectivity index (χ1n) is 4.49. The van der Waals surface area contributed by atoms with Gasteiger partial charge in [0, 0.05) is 12.1 Å². The molecule has 1 aromatic rings. The van der Waals surface area contributed by atoms with Crippen molar-refractivity contribution < 1.29 is 14.6 Å². The zero-order valence-corrected chi connectivity index (χ0v) is 8.14. The van der Waals surface area contributed by atoms with Crippen LogP contribution in [0.1, 0.15) is 10.4 Å². The Bertz CT molecular complexity index is 341. The summed E-state index contributed by atoms with van der Waals surface area (Å²) in [6.07, 6.45) is -0.817. The number of nitrogens with two attached hydrogens (primary N) is 1. The van der Waals surface area contributed by atoms with Crippen molar-refractivity contribution in [2.75, 3.05) is 13.2 Å². The van der Waals surface area contributed by atoms with E-state index >= 15 is 0 Å². The van der Waals surface area contributed by atoms with Crippen LogP contribution in [0.4, 0.5) is 0 Å². The van der Waals surface area contributed by atoms with E-state index < -0.39 is 12.0 Å². The third kappa shape index (κ3) is 3.57. The summed E-state index contributed by atoms with van der Waals surface area (Å²) in [5.74, 6) is -0.0692. The second kappa shape index (κ2) is 5.33. The van der Waals surface area contributed by atoms with Gasteiger partial charge < -0.3 is 15.6 Å². The van der Waals surface area contributed by atoms with Gasteiger partial charge in [0.25, 0.3) is 0 Å². The molecule has 1 unspecified atom stereocenters. The van der Waals surface area contributed by atoms with E-state index in [1.807, 2.05) is 0 Å². The van der Waals surface area contributed by atoms with Crippen LogP contribution in [0.5, 0.6) is 5.75 Å². The van der Waals surface area contributed by atoms with Crippen LogP contribution < -0.4 is 16.2 Å². The van der Waals surface area contributed by atoms with Crippen LogP contribution in [0.25, 0.3) is 0 Å². The van der Waals surface area contributed by atoms with Crippen molar-refractivity contribution in [1.29, 1.82) is 0 Å². The van der Waals surface area contributed by atoms with Crippen molar-refractivity contribution in [2.24, 2.45) is 5.73 Å². The third-order valence-corrected chi connectivity index (χ3v) is 1.80. The molecule has 0 aliphatic rings. The Morgan fingerprint density at radius 1 is 1.60 bits per heavy atom. The van der Waals surface area contributed by atoms with Gasteiger partial charge >= 0.3 is 0 Å². The second-order valence-electron chi connectivity index (χ2n) is 3.06. The standard InChI is InChI=1S/C10H13N2O3/c11-5-8(13)6-15-9-3-1-2-7(4-9)10(12)14/h1-4,8,11,13H,5-6H2,(H2,12,14). The number of benzene rings is 1. The van der Waals surface area contributed by atoms with Crippen molar-refractivity contribution in [3.8, 4) is 5.75 Å². The molecule has 1 rings (SSSR count). The van der Waals surface area contributed by atoms with E-state index in [0.717, 1.165) is 0 Å². The number of carbonyl (C=O) groups excluding carboxylic acids is 1. The lowest BCUT2D eigenvalue weighted by atomic mass is 10.2. The number of rotatable bonds is 5. The van der Waals surface area contributed by atoms with E-state index in [1.165, 1.54) is 6.07 Å². The molecule has 0 bridgehead atoms. The lowest BCUT2D eigenvalue weighted by Crippen LogP contribution is -2.22. The van der Waals surface area contributed by atoms with E-state index in [2.05, 4.69) is 0 Å². The maximum Gasteiger partial charge on any atom is 0.248 e. The zero-order valence-electron chi connectivity index (χ0n) is 8.14. The summed E-state index contributed by atoms with van der Waals surface area (Å²) in [5, 5.41) is 9.09. The molecule has 1 aromatic carbocycles. The highest BCUT2D eigenvalue weighted by Crippen LogP contribution is 2.12. The minimum Gasteiger partial charge on any atom is -0.491 e. The molecule has 0 aromatic heterocycles. The molecule has 81 valence electrons. The SMILES string of the molecule is [NH]CC(O)COc1cccc(C(N)=O)c1. The average molecular weight is 209 g/mol. The summed E-state index contributed by atoms with van der Waals surface area (Å²) in [5.41, 5.74) is 12.3. The number of amides is 1. The number of hydrogen-bond donors (Lipinski definition) is 2. The van der Waals surface area contributed by atoms with E-state index in [0.29, 0.717) is 11.3 Å². The van der Waals surface area contributed by atoms with E-state index in [9.17, 15) is 4.79 Å². The maximum absolute atomic E-state index is 10.8. The highest BCUT2D eigenvalue weighted by Gasteiger charge is 2.04. The van der Waals surface area contributed by atoms with Crippen LogP contribution in [0.3, 0.4) is 0 Å². The van der Waals surface area contributed by atoms with Gasteiger partial charge in [0.05, 0.1) is 0 Å². The highest BCUT2D eigenvalue weighted by atomic mass is 16.5. The number of aliphatic hydroxyl groups is 1. The molecule has 0 aliphatic carbocycles. The van der Waals surface area contributed by atoms with Gasteiger partial charge in [-0.05, 0) is 18.2 Å². The Labute approximate surface area is 87.6 Å². The molecule has 0 spiro atoms. The van der Waals surface area contributed by atoms with Crippen molar-refractivity contribution in [1.82, 2.24) is 5.73 Å². The van der Waals surface area contributed by atoms with Crippen LogP contribution in [-0.2, 0) is 0 Å². The lowest BCUT2D eigenvalue weighted by Gasteiger charge is -2.10. The Kier molecular flexibility index (Phi) is 4.08. The first-order chi connectivity index (χ1) is 7.13. The quantitative estimate of drug-likeness (QED) is 0.703. The minimum atomic E-state index is -0.817. The molecular formula is C10H13N2O3. The summed E-state index contributed by atoms with van der Waals surface area (Å²) in [6, 6.07) is 6.38. The number of primary amides is 1. The average Bonchev–Trinajstić information content (AvgIpc) is 2.26. The molecule has 4 N–H and O–H groups in total. The van der Waals surface area contributed by atoms with E-state index in [-0.39, 0.29) is 13.2 Å². The summed E-state index contributed by atoms with van der Waals surface area (Å²) < 4.78 is 5.17. The molecule has 15 heavy (non-hydrogen) atoms. The summed E-state index contributed by atoms with van der Waals surface area (Å²) in [7, 11) is 0. The van der Waals surface area contributed by atoms with Gasteiger partial charge in [-0.25, -0.2) is 0 Å². The number of hydrogen-bond acceptors (Lipinski definition) is 3. The Morgan fingerprint density at radius 3 is 2.93 bits per heavy atom. The molecule has 1 atom stereocenters. The molecule has 5 nitrogen and oxygen atoms in total. The molecule has 5 heteroatoms. The van der Waals surface area contributed by atoms with Gasteiger partial charge in [0.1, 0.15) is 18.5 Å². The normalized spacial score (nSPS) is 12.1. The first kappa shape index (κ1) is 11.5. The predicted octanol–water partition coefficient (Wildman–Crippen LogP) is -0.192. The van der Waals surface area contributed by atoms with Crippen molar-refractivity contribution >= 4 is 5.91 Å². The first-order valence-corrected chi connectivity index (χ1v) is 4.49. The minimum absolute atomic E-state index is 0.0334. The van der Waals surface area contributed by atoms with Crippen LogP contribution in [0.15, 0.2) is 24.3 Å². The molecule has 0 saturated heterocycles. The fourth-order valence-corrected chi connectivity index (χ4v) is 0.990. The maximum atomic E-state index is 10.8. The third-order valence-electron chi connectivity index (χ3n) is 1.80. The van der Waals surface area contributed by atoms with Crippen LogP contribution in [-0.4, -0.2) is 30.3 Å². The fraction of sp³-hybridized carbons (Fsp3) is 0.300. The molecular weight excluding hydrogens is 196 g/mol. The van der Waals surface area contributed by atoms with Crippen LogP contribution in [0.2, 0.25) is 0 Å². The second-order valence-corrected chi connectivity index (χ2v) is 3.06. The molecule has 0 aliphatic heterocycles. The van der Waals surface area contributed by atoms with Gasteiger partial charge in [0.15, 0.2) is 0 Å². The summed E-state index contributed by atoms with van der Waals surface area (Å²) in [4.78, 5) is 10.8. The van der Waals surface area contributed by atoms with Crippen LogP contribution in [0, 0.1) is 0 Å². The van der Waals surface area contributed by atoms with Gasteiger partial charge in [-0.3, -0.25) is 10.5 Å². The monoisotopic (exact) mass is 209 g/mol. The van der Waals surface area contributed by atoms with Crippen molar-refractivity contribution in [3.05, 3.63) is 29.8 Å². The number of ether oxygens (including phenoxy) is 1. The van der Waals surface area contributed by atoms with Gasteiger partial charge in [-0.2, -0.15) is 0 Å². The molecule has 1 radical (unpaired) electrons. The Morgan fingerprint density at radius 2 is 2.33 bits per heavy atom. The van der Waals surface area contributed by atoms with E-state index in [1.54, 1.807) is 18.2 Å². The molecule has 0 heterocycles. The largest absolute Gasteiger partial charge is 0.491 e. The Balaban J connectivity index is 2.62. The molecule has 1 amide bonds. The van der Waals surface area contributed by atoms with Crippen molar-refractivity contribution in [3.63, 3.8) is 0 Å². The van der Waals surface area contributed by atoms with Crippen molar-refractivity contribution in [2.45, 2.75) is 6.10 Å².